The summed E-state index contributed by atoms with van der Waals surface area (Å²) in [5, 5.41) is 2.18. The minimum Gasteiger partial charge on any atom is -0.326 e. The van der Waals surface area contributed by atoms with E-state index in [9.17, 15) is 22.8 Å². The number of hydrogen-bond donors (Lipinski definition) is 1. The number of rotatable bonds is 4. The third-order valence-corrected chi connectivity index (χ3v) is 3.29. The average Bonchev–Trinajstić information content (AvgIpc) is 2.46. The molecule has 0 aliphatic heterocycles. The molecule has 0 aliphatic carbocycles. The van der Waals surface area contributed by atoms with Crippen LogP contribution in [0.4, 0.5) is 18.9 Å². The van der Waals surface area contributed by atoms with Crippen LogP contribution >= 0.6 is 11.6 Å². The predicted octanol–water partition coefficient (Wildman–Crippen LogP) is 4.57. The van der Waals surface area contributed by atoms with E-state index in [4.69, 9.17) is 11.6 Å². The van der Waals surface area contributed by atoms with Crippen molar-refractivity contribution in [2.45, 2.75) is 12.6 Å². The molecule has 0 aromatic heterocycles. The molecular formula is C16H11ClF3NO2. The van der Waals surface area contributed by atoms with E-state index in [2.05, 4.69) is 5.32 Å². The van der Waals surface area contributed by atoms with Crippen molar-refractivity contribution in [2.24, 2.45) is 0 Å². The minimum absolute atomic E-state index is 0.122. The van der Waals surface area contributed by atoms with Gasteiger partial charge < -0.3 is 5.32 Å². The second-order valence-corrected chi connectivity index (χ2v) is 5.11. The number of benzene rings is 2. The Morgan fingerprint density at radius 2 is 1.70 bits per heavy atom. The van der Waals surface area contributed by atoms with Gasteiger partial charge in [-0.3, -0.25) is 9.59 Å². The Morgan fingerprint density at radius 3 is 2.26 bits per heavy atom. The number of anilines is 1. The summed E-state index contributed by atoms with van der Waals surface area (Å²) in [7, 11) is 0. The van der Waals surface area contributed by atoms with Gasteiger partial charge in [0.05, 0.1) is 17.0 Å². The van der Waals surface area contributed by atoms with Crippen LogP contribution in [0.2, 0.25) is 5.02 Å². The Bertz CT molecular complexity index is 730. The second kappa shape index (κ2) is 6.83. The molecule has 0 fully saturated rings. The van der Waals surface area contributed by atoms with Crippen molar-refractivity contribution in [1.29, 1.82) is 0 Å². The number of halogens is 4. The lowest BCUT2D eigenvalue weighted by Crippen LogP contribution is -2.17. The fourth-order valence-corrected chi connectivity index (χ4v) is 2.17. The molecule has 3 nitrogen and oxygen atoms in total. The second-order valence-electron chi connectivity index (χ2n) is 4.71. The summed E-state index contributed by atoms with van der Waals surface area (Å²) in [5.74, 6) is -1.23. The van der Waals surface area contributed by atoms with Gasteiger partial charge in [0.25, 0.3) is 0 Å². The van der Waals surface area contributed by atoms with Crippen LogP contribution in [0.5, 0.6) is 0 Å². The summed E-state index contributed by atoms with van der Waals surface area (Å²) in [4.78, 5) is 23.8. The molecule has 0 saturated heterocycles. The Balaban J connectivity index is 2.07. The molecule has 120 valence electrons. The summed E-state index contributed by atoms with van der Waals surface area (Å²) in [6, 6.07) is 10.9. The van der Waals surface area contributed by atoms with Gasteiger partial charge in [-0.15, -0.1) is 0 Å². The van der Waals surface area contributed by atoms with Crippen LogP contribution in [-0.2, 0) is 11.0 Å². The Kier molecular flexibility index (Phi) is 5.05. The minimum atomic E-state index is -4.55. The number of carbonyl (C=O) groups excluding carboxylic acids is 2. The van der Waals surface area contributed by atoms with Crippen LogP contribution in [0.3, 0.4) is 0 Å². The summed E-state index contributed by atoms with van der Waals surface area (Å²) in [5.41, 5.74) is -0.556. The number of nitrogens with one attached hydrogen (secondary N) is 1. The summed E-state index contributed by atoms with van der Waals surface area (Å²) in [6.07, 6.45) is -5.06. The molecule has 7 heteroatoms. The van der Waals surface area contributed by atoms with Gasteiger partial charge in [-0.25, -0.2) is 0 Å². The number of ketones is 1. The zero-order chi connectivity index (χ0) is 17.0. The molecule has 2 aromatic carbocycles. The summed E-state index contributed by atoms with van der Waals surface area (Å²) in [6.45, 7) is 0. The largest absolute Gasteiger partial charge is 0.416 e. The lowest BCUT2D eigenvalue weighted by atomic mass is 10.1. The molecule has 0 bridgehead atoms. The molecule has 0 spiro atoms. The highest BCUT2D eigenvalue weighted by atomic mass is 35.5. The first-order valence-electron chi connectivity index (χ1n) is 6.52. The molecule has 2 rings (SSSR count). The topological polar surface area (TPSA) is 46.2 Å². The normalized spacial score (nSPS) is 11.1. The molecule has 23 heavy (non-hydrogen) atoms. The molecule has 0 atom stereocenters. The third-order valence-electron chi connectivity index (χ3n) is 2.98. The van der Waals surface area contributed by atoms with Crippen molar-refractivity contribution in [3.63, 3.8) is 0 Å². The van der Waals surface area contributed by atoms with Crippen molar-refractivity contribution in [2.75, 3.05) is 5.32 Å². The predicted molar refractivity (Wildman–Crippen MR) is 80.5 cm³/mol. The number of hydrogen-bond acceptors (Lipinski definition) is 2. The van der Waals surface area contributed by atoms with E-state index in [1.807, 2.05) is 0 Å². The van der Waals surface area contributed by atoms with Crippen molar-refractivity contribution in [3.8, 4) is 0 Å². The van der Waals surface area contributed by atoms with E-state index in [0.29, 0.717) is 11.8 Å². The lowest BCUT2D eigenvalue weighted by Gasteiger charge is -2.09. The van der Waals surface area contributed by atoms with Gasteiger partial charge in [0.1, 0.15) is 0 Å². The van der Waals surface area contributed by atoms with E-state index < -0.39 is 29.9 Å². The number of alkyl halides is 3. The van der Waals surface area contributed by atoms with Crippen LogP contribution in [0.15, 0.2) is 48.5 Å². The molecule has 0 aliphatic rings. The van der Waals surface area contributed by atoms with Gasteiger partial charge in [-0.1, -0.05) is 29.8 Å². The Hall–Kier alpha value is -2.34. The third kappa shape index (κ3) is 4.56. The fraction of sp³-hybridized carbons (Fsp3) is 0.125. The van der Waals surface area contributed by atoms with E-state index >= 15 is 0 Å². The first-order valence-corrected chi connectivity index (χ1v) is 6.90. The van der Waals surface area contributed by atoms with Gasteiger partial charge in [-0.2, -0.15) is 13.2 Å². The van der Waals surface area contributed by atoms with Crippen molar-refractivity contribution in [3.05, 3.63) is 64.7 Å². The number of amides is 1. The van der Waals surface area contributed by atoms with E-state index in [-0.39, 0.29) is 10.6 Å². The highest BCUT2D eigenvalue weighted by Crippen LogP contribution is 2.32. The highest BCUT2D eigenvalue weighted by molar-refractivity contribution is 6.34. The molecule has 0 unspecified atom stereocenters. The van der Waals surface area contributed by atoms with Gasteiger partial charge in [0.2, 0.25) is 5.91 Å². The highest BCUT2D eigenvalue weighted by Gasteiger charge is 2.31. The maximum absolute atomic E-state index is 12.5. The van der Waals surface area contributed by atoms with Crippen LogP contribution in [-0.4, -0.2) is 11.7 Å². The smallest absolute Gasteiger partial charge is 0.326 e. The quantitative estimate of drug-likeness (QED) is 0.654. The van der Waals surface area contributed by atoms with Crippen molar-refractivity contribution in [1.82, 2.24) is 0 Å². The zero-order valence-corrected chi connectivity index (χ0v) is 12.4. The van der Waals surface area contributed by atoms with Gasteiger partial charge in [0.15, 0.2) is 5.78 Å². The molecule has 1 amide bonds. The average molecular weight is 342 g/mol. The molecule has 0 heterocycles. The molecular weight excluding hydrogens is 331 g/mol. The SMILES string of the molecule is O=C(CC(=O)c1ccc(C(F)(F)F)cc1Cl)Nc1ccccc1. The van der Waals surface area contributed by atoms with E-state index in [1.54, 1.807) is 30.3 Å². The molecule has 1 N–H and O–H groups in total. The van der Waals surface area contributed by atoms with Crippen LogP contribution in [0.25, 0.3) is 0 Å². The number of carbonyl (C=O) groups is 2. The Labute approximate surface area is 135 Å². The van der Waals surface area contributed by atoms with Gasteiger partial charge in [0, 0.05) is 11.3 Å². The van der Waals surface area contributed by atoms with Crippen molar-refractivity contribution < 1.29 is 22.8 Å². The van der Waals surface area contributed by atoms with Crippen LogP contribution in [0.1, 0.15) is 22.3 Å². The van der Waals surface area contributed by atoms with Gasteiger partial charge in [-0.05, 0) is 30.3 Å². The van der Waals surface area contributed by atoms with Gasteiger partial charge >= 0.3 is 6.18 Å². The molecule has 0 radical (unpaired) electrons. The number of Topliss-reactive ketones (excluding diaryl/α,β-unsaturated/α-hetero) is 1. The lowest BCUT2D eigenvalue weighted by molar-refractivity contribution is -0.137. The summed E-state index contributed by atoms with van der Waals surface area (Å²) < 4.78 is 37.6. The molecule has 0 saturated carbocycles. The maximum Gasteiger partial charge on any atom is 0.416 e. The summed E-state index contributed by atoms with van der Waals surface area (Å²) >= 11 is 5.72. The zero-order valence-electron chi connectivity index (χ0n) is 11.7. The van der Waals surface area contributed by atoms with E-state index in [1.165, 1.54) is 0 Å². The number of para-hydroxylation sites is 1. The van der Waals surface area contributed by atoms with Crippen molar-refractivity contribution >= 4 is 29.0 Å². The fourth-order valence-electron chi connectivity index (χ4n) is 1.89. The van der Waals surface area contributed by atoms with Crippen LogP contribution in [0, 0.1) is 0 Å². The standard InChI is InChI=1S/C16H11ClF3NO2/c17-13-8-10(16(18,19)20)6-7-12(13)14(22)9-15(23)21-11-4-2-1-3-5-11/h1-8H,9H2,(H,21,23). The Morgan fingerprint density at radius 1 is 1.04 bits per heavy atom. The first kappa shape index (κ1) is 17.0. The molecule has 2 aromatic rings. The monoisotopic (exact) mass is 341 g/mol. The van der Waals surface area contributed by atoms with E-state index in [0.717, 1.165) is 12.1 Å². The van der Waals surface area contributed by atoms with Crippen LogP contribution < -0.4 is 5.32 Å². The maximum atomic E-state index is 12.5. The first-order chi connectivity index (χ1) is 10.8.